The number of hydrogen-bond acceptors (Lipinski definition) is 6. The second-order valence-corrected chi connectivity index (χ2v) is 10.7. The summed E-state index contributed by atoms with van der Waals surface area (Å²) in [7, 11) is 0. The summed E-state index contributed by atoms with van der Waals surface area (Å²) in [6, 6.07) is 5.55. The number of carbonyl (C=O) groups excluding carboxylic acids is 3. The number of nitrogens with one attached hydrogen (secondary N) is 1. The summed E-state index contributed by atoms with van der Waals surface area (Å²) in [6.45, 7) is 4.46. The van der Waals surface area contributed by atoms with Gasteiger partial charge < -0.3 is 14.4 Å². The molecule has 1 N–H and O–H groups in total. The number of amides is 3. The smallest absolute Gasteiger partial charge is 0.255 e. The zero-order valence-electron chi connectivity index (χ0n) is 19.6. The van der Waals surface area contributed by atoms with Crippen molar-refractivity contribution in [3.05, 3.63) is 29.3 Å². The van der Waals surface area contributed by atoms with Crippen LogP contribution >= 0.6 is 0 Å². The molecule has 4 fully saturated rings. The van der Waals surface area contributed by atoms with Crippen LogP contribution in [0.15, 0.2) is 18.2 Å². The summed E-state index contributed by atoms with van der Waals surface area (Å²) in [5, 5.41) is 2.36. The standard InChI is InChI=1S/C26H33N3O5/c30-23-7-6-21(24(31)27-23)29-15-17-14-18(4-5-19(17)25(29)32)34-22-3-1-2-20(22)28-11-8-26(16-28)9-12-33-13-10-26/h4-5,14,20-22H,1-3,6-13,15-16H2,(H,27,30,31). The maximum atomic E-state index is 13.0. The highest BCUT2D eigenvalue weighted by atomic mass is 16.5. The van der Waals surface area contributed by atoms with Crippen LogP contribution < -0.4 is 10.1 Å². The lowest BCUT2D eigenvalue weighted by atomic mass is 9.79. The van der Waals surface area contributed by atoms with E-state index in [4.69, 9.17) is 9.47 Å². The first kappa shape index (κ1) is 22.0. The van der Waals surface area contributed by atoms with Gasteiger partial charge in [-0.3, -0.25) is 24.6 Å². The zero-order valence-corrected chi connectivity index (χ0v) is 19.6. The van der Waals surface area contributed by atoms with Gasteiger partial charge in [0.1, 0.15) is 17.9 Å². The van der Waals surface area contributed by atoms with Crippen molar-refractivity contribution in [2.75, 3.05) is 26.3 Å². The number of benzene rings is 1. The molecule has 3 unspecified atom stereocenters. The molecule has 3 saturated heterocycles. The van der Waals surface area contributed by atoms with E-state index in [2.05, 4.69) is 10.2 Å². The van der Waals surface area contributed by atoms with Crippen LogP contribution in [0, 0.1) is 5.41 Å². The molecule has 5 aliphatic rings. The van der Waals surface area contributed by atoms with Crippen molar-refractivity contribution in [1.82, 2.24) is 15.1 Å². The molecule has 34 heavy (non-hydrogen) atoms. The highest BCUT2D eigenvalue weighted by molar-refractivity contribution is 6.05. The van der Waals surface area contributed by atoms with E-state index in [1.807, 2.05) is 18.2 Å². The van der Waals surface area contributed by atoms with Crippen LogP contribution in [-0.4, -0.2) is 72.0 Å². The van der Waals surface area contributed by atoms with Crippen molar-refractivity contribution in [2.45, 2.75) is 76.1 Å². The third kappa shape index (κ3) is 3.90. The molecular formula is C26H33N3O5. The molecule has 4 heterocycles. The van der Waals surface area contributed by atoms with Gasteiger partial charge in [-0.2, -0.15) is 0 Å². The number of carbonyl (C=O) groups is 3. The molecule has 3 atom stereocenters. The number of hydrogen-bond donors (Lipinski definition) is 1. The number of imide groups is 1. The molecular weight excluding hydrogens is 434 g/mol. The van der Waals surface area contributed by atoms with E-state index in [0.29, 0.717) is 30.0 Å². The predicted molar refractivity (Wildman–Crippen MR) is 123 cm³/mol. The first-order valence-electron chi connectivity index (χ1n) is 12.8. The molecule has 8 nitrogen and oxygen atoms in total. The minimum absolute atomic E-state index is 0.145. The van der Waals surface area contributed by atoms with Gasteiger partial charge in [-0.05, 0) is 80.7 Å². The van der Waals surface area contributed by atoms with Crippen LogP contribution in [0.5, 0.6) is 5.75 Å². The topological polar surface area (TPSA) is 88.2 Å². The van der Waals surface area contributed by atoms with E-state index >= 15 is 0 Å². The van der Waals surface area contributed by atoms with Gasteiger partial charge in [0.15, 0.2) is 0 Å². The van der Waals surface area contributed by atoms with E-state index in [1.54, 1.807) is 4.90 Å². The Morgan fingerprint density at radius 2 is 1.91 bits per heavy atom. The summed E-state index contributed by atoms with van der Waals surface area (Å²) in [6.07, 6.45) is 7.80. The highest BCUT2D eigenvalue weighted by Crippen LogP contribution is 2.43. The Kier molecular flexibility index (Phi) is 5.60. The molecule has 0 bridgehead atoms. The van der Waals surface area contributed by atoms with Crippen molar-refractivity contribution >= 4 is 17.7 Å². The van der Waals surface area contributed by atoms with E-state index < -0.39 is 6.04 Å². The Hall–Kier alpha value is -2.45. The predicted octanol–water partition coefficient (Wildman–Crippen LogP) is 2.25. The fourth-order valence-electron chi connectivity index (χ4n) is 6.73. The van der Waals surface area contributed by atoms with Gasteiger partial charge in [0.2, 0.25) is 11.8 Å². The molecule has 3 amide bonds. The van der Waals surface area contributed by atoms with E-state index in [-0.39, 0.29) is 30.2 Å². The first-order chi connectivity index (χ1) is 16.5. The number of nitrogens with zero attached hydrogens (tertiary/aromatic N) is 2. The van der Waals surface area contributed by atoms with Crippen molar-refractivity contribution < 1.29 is 23.9 Å². The zero-order chi connectivity index (χ0) is 23.3. The third-order valence-corrected chi connectivity index (χ3v) is 8.69. The molecule has 1 saturated carbocycles. The van der Waals surface area contributed by atoms with Crippen LogP contribution in [0.1, 0.15) is 67.3 Å². The van der Waals surface area contributed by atoms with Crippen molar-refractivity contribution in [3.8, 4) is 5.75 Å². The van der Waals surface area contributed by atoms with Crippen LogP contribution in [-0.2, 0) is 20.9 Å². The van der Waals surface area contributed by atoms with Crippen LogP contribution in [0.2, 0.25) is 0 Å². The van der Waals surface area contributed by atoms with Gasteiger partial charge in [-0.15, -0.1) is 0 Å². The molecule has 0 radical (unpaired) electrons. The molecule has 8 heteroatoms. The Labute approximate surface area is 199 Å². The minimum atomic E-state index is -0.589. The van der Waals surface area contributed by atoms with Crippen LogP contribution in [0.4, 0.5) is 0 Å². The molecule has 1 aliphatic carbocycles. The van der Waals surface area contributed by atoms with Gasteiger partial charge in [-0.1, -0.05) is 0 Å². The maximum Gasteiger partial charge on any atom is 0.255 e. The fraction of sp³-hybridized carbons (Fsp3) is 0.654. The lowest BCUT2D eigenvalue weighted by molar-refractivity contribution is -0.136. The molecule has 4 aliphatic heterocycles. The Balaban J connectivity index is 1.13. The molecule has 0 aromatic heterocycles. The summed E-state index contributed by atoms with van der Waals surface area (Å²) in [4.78, 5) is 41.0. The van der Waals surface area contributed by atoms with Gasteiger partial charge in [0, 0.05) is 44.3 Å². The lowest BCUT2D eigenvalue weighted by Gasteiger charge is -2.35. The van der Waals surface area contributed by atoms with E-state index in [0.717, 1.165) is 44.0 Å². The number of rotatable bonds is 4. The lowest BCUT2D eigenvalue weighted by Crippen LogP contribution is -2.52. The molecule has 1 spiro atoms. The summed E-state index contributed by atoms with van der Waals surface area (Å²) < 4.78 is 12.1. The fourth-order valence-corrected chi connectivity index (χ4v) is 6.73. The van der Waals surface area contributed by atoms with Crippen molar-refractivity contribution in [3.63, 3.8) is 0 Å². The van der Waals surface area contributed by atoms with Gasteiger partial charge in [0.05, 0.1) is 0 Å². The van der Waals surface area contributed by atoms with Crippen LogP contribution in [0.25, 0.3) is 0 Å². The summed E-state index contributed by atoms with van der Waals surface area (Å²) >= 11 is 0. The van der Waals surface area contributed by atoms with Gasteiger partial charge in [-0.25, -0.2) is 0 Å². The monoisotopic (exact) mass is 467 g/mol. The van der Waals surface area contributed by atoms with E-state index in [9.17, 15) is 14.4 Å². The average Bonchev–Trinajstić information content (AvgIpc) is 3.53. The summed E-state index contributed by atoms with van der Waals surface area (Å²) in [5.41, 5.74) is 1.95. The number of piperidine rings is 1. The number of fused-ring (bicyclic) bond motifs is 1. The number of likely N-dealkylation sites (tertiary alicyclic amines) is 1. The normalized spacial score (nSPS) is 31.2. The quantitative estimate of drug-likeness (QED) is 0.684. The van der Waals surface area contributed by atoms with Crippen LogP contribution in [0.3, 0.4) is 0 Å². The molecule has 1 aromatic carbocycles. The van der Waals surface area contributed by atoms with Crippen molar-refractivity contribution in [1.29, 1.82) is 0 Å². The Morgan fingerprint density at radius 1 is 1.06 bits per heavy atom. The molecule has 6 rings (SSSR count). The van der Waals surface area contributed by atoms with Crippen molar-refractivity contribution in [2.24, 2.45) is 5.41 Å². The molecule has 1 aromatic rings. The minimum Gasteiger partial charge on any atom is -0.489 e. The number of ether oxygens (including phenoxy) is 2. The Bertz CT molecular complexity index is 1000. The second kappa shape index (κ2) is 8.64. The SMILES string of the molecule is O=C1CCC(N2Cc3cc(OC4CCCC4N4CCC5(CCOCC5)C4)ccc3C2=O)C(=O)N1. The van der Waals surface area contributed by atoms with Gasteiger partial charge in [0.25, 0.3) is 5.91 Å². The summed E-state index contributed by atoms with van der Waals surface area (Å²) in [5.74, 6) is 0.00529. The second-order valence-electron chi connectivity index (χ2n) is 10.7. The van der Waals surface area contributed by atoms with E-state index in [1.165, 1.54) is 32.1 Å². The Morgan fingerprint density at radius 3 is 2.74 bits per heavy atom. The molecule has 182 valence electrons. The maximum absolute atomic E-state index is 13.0. The average molecular weight is 468 g/mol. The highest BCUT2D eigenvalue weighted by Gasteiger charge is 2.45. The largest absolute Gasteiger partial charge is 0.489 e. The first-order valence-corrected chi connectivity index (χ1v) is 12.8. The third-order valence-electron chi connectivity index (χ3n) is 8.69. The van der Waals surface area contributed by atoms with Gasteiger partial charge >= 0.3 is 0 Å².